The lowest BCUT2D eigenvalue weighted by Crippen LogP contribution is -2.30. The quantitative estimate of drug-likeness (QED) is 0.675. The van der Waals surface area contributed by atoms with E-state index in [1.165, 1.54) is 6.42 Å². The van der Waals surface area contributed by atoms with Crippen LogP contribution in [0.1, 0.15) is 33.1 Å². The predicted octanol–water partition coefficient (Wildman–Crippen LogP) is 1.49. The van der Waals surface area contributed by atoms with Crippen molar-refractivity contribution in [2.75, 3.05) is 27.2 Å². The van der Waals surface area contributed by atoms with E-state index in [1.54, 1.807) is 0 Å². The molecule has 0 aliphatic rings. The van der Waals surface area contributed by atoms with Gasteiger partial charge in [0.1, 0.15) is 0 Å². The van der Waals surface area contributed by atoms with Crippen LogP contribution < -0.4 is 5.32 Å². The molecule has 3 heteroatoms. The Hall–Kier alpha value is -0.570. The molecule has 14 heavy (non-hydrogen) atoms. The first-order chi connectivity index (χ1) is 6.57. The van der Waals surface area contributed by atoms with Gasteiger partial charge in [0.15, 0.2) is 0 Å². The Labute approximate surface area is 87.9 Å². The summed E-state index contributed by atoms with van der Waals surface area (Å²) in [6.07, 6.45) is 2.91. The summed E-state index contributed by atoms with van der Waals surface area (Å²) in [4.78, 5) is 13.3. The lowest BCUT2D eigenvalue weighted by molar-refractivity contribution is -0.129. The molecule has 0 aromatic heterocycles. The van der Waals surface area contributed by atoms with Crippen molar-refractivity contribution in [1.29, 1.82) is 0 Å². The molecule has 0 unspecified atom stereocenters. The molecule has 0 saturated carbocycles. The fraction of sp³-hybridized carbons (Fsp3) is 0.909. The van der Waals surface area contributed by atoms with Gasteiger partial charge in [-0.05, 0) is 25.8 Å². The summed E-state index contributed by atoms with van der Waals surface area (Å²) < 4.78 is 0. The van der Waals surface area contributed by atoms with Crippen LogP contribution in [-0.2, 0) is 4.79 Å². The van der Waals surface area contributed by atoms with Gasteiger partial charge in [0, 0.05) is 26.6 Å². The minimum Gasteiger partial charge on any atom is -0.346 e. The number of hydrogen-bond donors (Lipinski definition) is 1. The van der Waals surface area contributed by atoms with Crippen molar-refractivity contribution >= 4 is 5.91 Å². The van der Waals surface area contributed by atoms with Crippen molar-refractivity contribution < 1.29 is 4.79 Å². The number of carbonyl (C=O) groups excluding carboxylic acids is 1. The minimum atomic E-state index is 0.239. The Kier molecular flexibility index (Phi) is 7.48. The molecule has 3 nitrogen and oxygen atoms in total. The molecule has 1 amide bonds. The summed E-state index contributed by atoms with van der Waals surface area (Å²) in [7, 11) is 3.75. The zero-order chi connectivity index (χ0) is 11.0. The second-order valence-electron chi connectivity index (χ2n) is 4.20. The van der Waals surface area contributed by atoms with E-state index in [4.69, 9.17) is 0 Å². The van der Waals surface area contributed by atoms with E-state index >= 15 is 0 Å². The highest BCUT2D eigenvalue weighted by atomic mass is 16.2. The molecule has 0 radical (unpaired) electrons. The van der Waals surface area contributed by atoms with Crippen molar-refractivity contribution in [3.63, 3.8) is 0 Å². The van der Waals surface area contributed by atoms with Gasteiger partial charge in [-0.25, -0.2) is 0 Å². The number of nitrogens with one attached hydrogen (secondary N) is 1. The summed E-state index contributed by atoms with van der Waals surface area (Å²) in [6.45, 7) is 6.08. The first-order valence-electron chi connectivity index (χ1n) is 5.46. The predicted molar refractivity (Wildman–Crippen MR) is 60.3 cm³/mol. The molecule has 1 N–H and O–H groups in total. The van der Waals surface area contributed by atoms with E-state index in [0.717, 1.165) is 25.4 Å². The number of rotatable bonds is 7. The van der Waals surface area contributed by atoms with E-state index in [1.807, 2.05) is 19.0 Å². The smallest absolute Gasteiger partial charge is 0.223 e. The van der Waals surface area contributed by atoms with Crippen molar-refractivity contribution in [3.05, 3.63) is 0 Å². The third-order valence-corrected chi connectivity index (χ3v) is 2.29. The van der Waals surface area contributed by atoms with Crippen LogP contribution in [0.25, 0.3) is 0 Å². The van der Waals surface area contributed by atoms with Crippen LogP contribution >= 0.6 is 0 Å². The van der Waals surface area contributed by atoms with Crippen LogP contribution in [0.3, 0.4) is 0 Å². The molecule has 0 spiro atoms. The van der Waals surface area contributed by atoms with Gasteiger partial charge >= 0.3 is 0 Å². The fourth-order valence-corrected chi connectivity index (χ4v) is 1.28. The highest BCUT2D eigenvalue weighted by molar-refractivity contribution is 5.75. The number of amides is 1. The Morgan fingerprint density at radius 3 is 2.57 bits per heavy atom. The molecule has 0 rings (SSSR count). The van der Waals surface area contributed by atoms with Crippen LogP contribution in [-0.4, -0.2) is 38.0 Å². The highest BCUT2D eigenvalue weighted by Crippen LogP contribution is 2.04. The van der Waals surface area contributed by atoms with Crippen LogP contribution in [0, 0.1) is 5.92 Å². The SMILES string of the molecule is CNCCC(=O)N(C)CCCC(C)C. The first-order valence-corrected chi connectivity index (χ1v) is 5.46. The maximum atomic E-state index is 11.5. The Morgan fingerprint density at radius 1 is 1.43 bits per heavy atom. The zero-order valence-corrected chi connectivity index (χ0v) is 9.97. The molecule has 0 fully saturated rings. The number of carbonyl (C=O) groups is 1. The molecular formula is C11H24N2O. The van der Waals surface area contributed by atoms with Crippen molar-refractivity contribution in [2.45, 2.75) is 33.1 Å². The molecule has 0 aliphatic carbocycles. The van der Waals surface area contributed by atoms with Gasteiger partial charge < -0.3 is 10.2 Å². The molecule has 0 aliphatic heterocycles. The van der Waals surface area contributed by atoms with E-state index in [0.29, 0.717) is 6.42 Å². The Bertz CT molecular complexity index is 157. The summed E-state index contributed by atoms with van der Waals surface area (Å²) in [5.41, 5.74) is 0. The monoisotopic (exact) mass is 200 g/mol. The summed E-state index contributed by atoms with van der Waals surface area (Å²) >= 11 is 0. The minimum absolute atomic E-state index is 0.239. The standard InChI is InChI=1S/C11H24N2O/c1-10(2)6-5-9-13(4)11(14)7-8-12-3/h10,12H,5-9H2,1-4H3. The van der Waals surface area contributed by atoms with Crippen LogP contribution in [0.15, 0.2) is 0 Å². The highest BCUT2D eigenvalue weighted by Gasteiger charge is 2.07. The van der Waals surface area contributed by atoms with Gasteiger partial charge in [-0.2, -0.15) is 0 Å². The van der Waals surface area contributed by atoms with Crippen LogP contribution in [0.2, 0.25) is 0 Å². The summed E-state index contributed by atoms with van der Waals surface area (Å²) in [5, 5.41) is 2.98. The maximum Gasteiger partial charge on any atom is 0.223 e. The normalized spacial score (nSPS) is 10.6. The first kappa shape index (κ1) is 13.4. The zero-order valence-electron chi connectivity index (χ0n) is 9.97. The van der Waals surface area contributed by atoms with E-state index in [-0.39, 0.29) is 5.91 Å². The molecular weight excluding hydrogens is 176 g/mol. The van der Waals surface area contributed by atoms with Crippen molar-refractivity contribution in [2.24, 2.45) is 5.92 Å². The van der Waals surface area contributed by atoms with E-state index < -0.39 is 0 Å². The van der Waals surface area contributed by atoms with Crippen molar-refractivity contribution in [3.8, 4) is 0 Å². The average molecular weight is 200 g/mol. The van der Waals surface area contributed by atoms with Gasteiger partial charge in [0.25, 0.3) is 0 Å². The van der Waals surface area contributed by atoms with Gasteiger partial charge in [-0.1, -0.05) is 13.8 Å². The molecule has 0 bridgehead atoms. The molecule has 0 saturated heterocycles. The van der Waals surface area contributed by atoms with Crippen LogP contribution in [0.4, 0.5) is 0 Å². The maximum absolute atomic E-state index is 11.5. The number of nitrogens with zero attached hydrogens (tertiary/aromatic N) is 1. The summed E-state index contributed by atoms with van der Waals surface area (Å²) in [5.74, 6) is 0.971. The molecule has 0 heterocycles. The third-order valence-electron chi connectivity index (χ3n) is 2.29. The lowest BCUT2D eigenvalue weighted by Gasteiger charge is -2.17. The topological polar surface area (TPSA) is 32.3 Å². The van der Waals surface area contributed by atoms with Crippen LogP contribution in [0.5, 0.6) is 0 Å². The Balaban J connectivity index is 3.51. The molecule has 84 valence electrons. The van der Waals surface area contributed by atoms with E-state index in [2.05, 4.69) is 19.2 Å². The average Bonchev–Trinajstić information content (AvgIpc) is 2.13. The number of hydrogen-bond acceptors (Lipinski definition) is 2. The fourth-order valence-electron chi connectivity index (χ4n) is 1.28. The van der Waals surface area contributed by atoms with Gasteiger partial charge in [-0.3, -0.25) is 4.79 Å². The Morgan fingerprint density at radius 2 is 2.07 bits per heavy atom. The van der Waals surface area contributed by atoms with Crippen molar-refractivity contribution in [1.82, 2.24) is 10.2 Å². The summed E-state index contributed by atoms with van der Waals surface area (Å²) in [6, 6.07) is 0. The second-order valence-corrected chi connectivity index (χ2v) is 4.20. The van der Waals surface area contributed by atoms with Gasteiger partial charge in [0.2, 0.25) is 5.91 Å². The molecule has 0 aromatic rings. The molecule has 0 atom stereocenters. The van der Waals surface area contributed by atoms with Gasteiger partial charge in [0.05, 0.1) is 0 Å². The second kappa shape index (κ2) is 7.80. The van der Waals surface area contributed by atoms with E-state index in [9.17, 15) is 4.79 Å². The molecule has 0 aromatic carbocycles. The van der Waals surface area contributed by atoms with Gasteiger partial charge in [-0.15, -0.1) is 0 Å². The lowest BCUT2D eigenvalue weighted by atomic mass is 10.1. The third kappa shape index (κ3) is 6.89. The largest absolute Gasteiger partial charge is 0.346 e.